The highest BCUT2D eigenvalue weighted by Crippen LogP contribution is 2.30. The van der Waals surface area contributed by atoms with Crippen molar-refractivity contribution in [2.75, 3.05) is 50.6 Å². The predicted octanol–water partition coefficient (Wildman–Crippen LogP) is 4.45. The molecule has 0 saturated carbocycles. The largest absolute Gasteiger partial charge is 0.369 e. The number of rotatable bonds is 7. The van der Waals surface area contributed by atoms with E-state index in [9.17, 15) is 4.79 Å². The van der Waals surface area contributed by atoms with E-state index < -0.39 is 5.56 Å². The summed E-state index contributed by atoms with van der Waals surface area (Å²) in [6.45, 7) is 4.30. The summed E-state index contributed by atoms with van der Waals surface area (Å²) >= 11 is 12.9. The van der Waals surface area contributed by atoms with Crippen LogP contribution < -0.4 is 15.8 Å². The van der Waals surface area contributed by atoms with Gasteiger partial charge in [-0.3, -0.25) is 4.79 Å². The Morgan fingerprint density at radius 1 is 0.976 bits per heavy atom. The second-order valence-corrected chi connectivity index (χ2v) is 10.5. The Balaban J connectivity index is 1.40. The molecule has 0 spiro atoms. The molecular weight excluding hydrogens is 565 g/mol. The minimum atomic E-state index is -0.460. The molecule has 2 aromatic carbocycles. The zero-order valence-electron chi connectivity index (χ0n) is 22.5. The summed E-state index contributed by atoms with van der Waals surface area (Å²) in [6.07, 6.45) is 3.23. The van der Waals surface area contributed by atoms with Crippen LogP contribution >= 0.6 is 23.2 Å². The molecule has 13 heteroatoms. The van der Waals surface area contributed by atoms with Gasteiger partial charge in [0.1, 0.15) is 29.3 Å². The van der Waals surface area contributed by atoms with Crippen molar-refractivity contribution in [3.63, 3.8) is 0 Å². The summed E-state index contributed by atoms with van der Waals surface area (Å²) < 4.78 is 7.98. The maximum absolute atomic E-state index is 13.6. The molecule has 1 N–H and O–H groups in total. The molecule has 0 bridgehead atoms. The minimum absolute atomic E-state index is 0.239. The van der Waals surface area contributed by atoms with Gasteiger partial charge < -0.3 is 19.9 Å². The number of methoxy groups -OCH3 is 1. The fourth-order valence-electron chi connectivity index (χ4n) is 4.74. The molecule has 0 amide bonds. The highest BCUT2D eigenvalue weighted by molar-refractivity contribution is 6.37. The number of nitrogens with zero attached hydrogens (tertiary/aromatic N) is 8. The van der Waals surface area contributed by atoms with Crippen LogP contribution in [0.25, 0.3) is 28.0 Å². The number of hydrogen-bond acceptors (Lipinski definition) is 9. The zero-order valence-corrected chi connectivity index (χ0v) is 24.0. The average molecular weight is 592 g/mol. The lowest BCUT2D eigenvalue weighted by Crippen LogP contribution is -2.44. The fourth-order valence-corrected chi connectivity index (χ4v) is 5.30. The van der Waals surface area contributed by atoms with E-state index in [1.807, 2.05) is 12.1 Å². The number of para-hydroxylation sites is 1. The fraction of sp³-hybridized carbons (Fsp3) is 0.250. The molecule has 11 nitrogen and oxygen atoms in total. The lowest BCUT2D eigenvalue weighted by molar-refractivity contribution is 0.121. The van der Waals surface area contributed by atoms with Gasteiger partial charge in [-0.15, -0.1) is 0 Å². The van der Waals surface area contributed by atoms with Crippen molar-refractivity contribution in [2.24, 2.45) is 0 Å². The lowest BCUT2D eigenvalue weighted by atomic mass is 10.2. The van der Waals surface area contributed by atoms with Gasteiger partial charge in [-0.05, 0) is 49.5 Å². The van der Waals surface area contributed by atoms with Crippen molar-refractivity contribution in [3.05, 3.63) is 81.3 Å². The first-order valence-corrected chi connectivity index (χ1v) is 13.7. The van der Waals surface area contributed by atoms with Crippen molar-refractivity contribution < 1.29 is 4.74 Å². The van der Waals surface area contributed by atoms with E-state index in [1.54, 1.807) is 42.3 Å². The Labute approximate surface area is 245 Å². The number of piperazine rings is 1. The molecule has 0 radical (unpaired) electrons. The molecule has 210 valence electrons. The number of hydrogen-bond donors (Lipinski definition) is 1. The zero-order chi connectivity index (χ0) is 28.5. The van der Waals surface area contributed by atoms with Gasteiger partial charge >= 0.3 is 0 Å². The first-order chi connectivity index (χ1) is 19.9. The number of fused-ring (bicyclic) bond motifs is 1. The Kier molecular flexibility index (Phi) is 7.59. The first-order valence-electron chi connectivity index (χ1n) is 13.0. The highest BCUT2D eigenvalue weighted by atomic mass is 35.5. The molecule has 1 aliphatic heterocycles. The molecule has 1 aliphatic rings. The molecule has 41 heavy (non-hydrogen) atoms. The lowest BCUT2D eigenvalue weighted by Gasteiger charge is -2.34. The van der Waals surface area contributed by atoms with Gasteiger partial charge in [0.05, 0.1) is 15.4 Å². The standard InChI is InChI=1S/C28H27Cl2N9O2/c1-36-12-14-37(15-13-36)19-8-6-18(7-9-19)32-28-31-16-20-24(33-28)25(23-10-11-38(34-23)17-41-2)35-39(27(20)40)26-21(29)4-3-5-22(26)30/h3-11,16H,12-15,17H2,1-2H3,(H,31,32,33). The van der Waals surface area contributed by atoms with Crippen molar-refractivity contribution in [2.45, 2.75) is 6.73 Å². The van der Waals surface area contributed by atoms with E-state index in [0.29, 0.717) is 22.9 Å². The van der Waals surface area contributed by atoms with Crippen molar-refractivity contribution in [1.29, 1.82) is 0 Å². The number of likely N-dealkylation sites (N-methyl/N-ethyl adjacent to an activating group) is 1. The van der Waals surface area contributed by atoms with E-state index in [2.05, 4.69) is 49.5 Å². The van der Waals surface area contributed by atoms with Crippen molar-refractivity contribution >= 4 is 51.4 Å². The third-order valence-corrected chi connectivity index (χ3v) is 7.53. The van der Waals surface area contributed by atoms with Gasteiger partial charge in [0.15, 0.2) is 0 Å². The molecule has 0 atom stereocenters. The van der Waals surface area contributed by atoms with Crippen LogP contribution in [0, 0.1) is 0 Å². The van der Waals surface area contributed by atoms with Crippen LogP contribution in [-0.2, 0) is 11.5 Å². The van der Waals surface area contributed by atoms with Gasteiger partial charge in [0.2, 0.25) is 5.95 Å². The number of halogens is 2. The summed E-state index contributed by atoms with van der Waals surface area (Å²) in [5.41, 5.74) is 2.98. The van der Waals surface area contributed by atoms with Gasteiger partial charge in [0, 0.05) is 57.1 Å². The summed E-state index contributed by atoms with van der Waals surface area (Å²) in [7, 11) is 3.72. The summed E-state index contributed by atoms with van der Waals surface area (Å²) in [4.78, 5) is 27.5. The van der Waals surface area contributed by atoms with Gasteiger partial charge in [0.25, 0.3) is 5.56 Å². The minimum Gasteiger partial charge on any atom is -0.369 e. The molecular formula is C28H27Cl2N9O2. The van der Waals surface area contributed by atoms with Crippen LogP contribution in [-0.4, -0.2) is 74.8 Å². The summed E-state index contributed by atoms with van der Waals surface area (Å²) in [6, 6.07) is 14.9. The van der Waals surface area contributed by atoms with E-state index in [1.165, 1.54) is 16.6 Å². The van der Waals surface area contributed by atoms with Gasteiger partial charge in [-0.1, -0.05) is 29.3 Å². The molecule has 1 saturated heterocycles. The van der Waals surface area contributed by atoms with Crippen molar-refractivity contribution in [3.8, 4) is 17.1 Å². The average Bonchev–Trinajstić information content (AvgIpc) is 3.43. The second kappa shape index (κ2) is 11.5. The third-order valence-electron chi connectivity index (χ3n) is 6.92. The molecule has 3 aromatic heterocycles. The quantitative estimate of drug-likeness (QED) is 0.294. The predicted molar refractivity (Wildman–Crippen MR) is 161 cm³/mol. The number of anilines is 3. The Morgan fingerprint density at radius 2 is 1.71 bits per heavy atom. The SMILES string of the molecule is COCn1ccc(-c2nn(-c3c(Cl)cccc3Cl)c(=O)c3cnc(Nc4ccc(N5CCN(C)CC5)cc4)nc23)n1. The Bertz CT molecular complexity index is 1740. The van der Waals surface area contributed by atoms with Crippen LogP contribution in [0.15, 0.2) is 65.7 Å². The van der Waals surface area contributed by atoms with E-state index in [-0.39, 0.29) is 27.8 Å². The number of benzene rings is 2. The summed E-state index contributed by atoms with van der Waals surface area (Å²) in [5, 5.41) is 13.3. The molecule has 0 unspecified atom stereocenters. The second-order valence-electron chi connectivity index (χ2n) is 9.71. The van der Waals surface area contributed by atoms with Gasteiger partial charge in [-0.2, -0.15) is 14.9 Å². The number of aromatic nitrogens is 6. The molecule has 0 aliphatic carbocycles. The smallest absolute Gasteiger partial charge is 0.282 e. The van der Waals surface area contributed by atoms with E-state index in [4.69, 9.17) is 32.9 Å². The topological polar surface area (TPSA) is 106 Å². The Hall–Kier alpha value is -4.03. The molecule has 6 rings (SSSR count). The van der Waals surface area contributed by atoms with E-state index in [0.717, 1.165) is 31.9 Å². The molecule has 1 fully saturated rings. The molecule has 4 heterocycles. The van der Waals surface area contributed by atoms with Gasteiger partial charge in [-0.25, -0.2) is 14.6 Å². The third kappa shape index (κ3) is 5.49. The van der Waals surface area contributed by atoms with E-state index >= 15 is 0 Å². The van der Waals surface area contributed by atoms with Crippen LogP contribution in [0.3, 0.4) is 0 Å². The number of nitrogens with one attached hydrogen (secondary N) is 1. The van der Waals surface area contributed by atoms with Crippen LogP contribution in [0.2, 0.25) is 10.0 Å². The van der Waals surface area contributed by atoms with Crippen LogP contribution in [0.4, 0.5) is 17.3 Å². The maximum Gasteiger partial charge on any atom is 0.282 e. The summed E-state index contributed by atoms with van der Waals surface area (Å²) in [5.74, 6) is 0.317. The monoisotopic (exact) mass is 591 g/mol. The first kappa shape index (κ1) is 27.2. The normalized spacial score (nSPS) is 14.1. The highest BCUT2D eigenvalue weighted by Gasteiger charge is 2.21. The maximum atomic E-state index is 13.6. The number of ether oxygens (including phenoxy) is 1. The van der Waals surface area contributed by atoms with Crippen LogP contribution in [0.5, 0.6) is 0 Å². The van der Waals surface area contributed by atoms with Crippen LogP contribution in [0.1, 0.15) is 0 Å². The van der Waals surface area contributed by atoms with Crippen molar-refractivity contribution in [1.82, 2.24) is 34.4 Å². The molecule has 5 aromatic rings. The Morgan fingerprint density at radius 3 is 2.41 bits per heavy atom.